The summed E-state index contributed by atoms with van der Waals surface area (Å²) in [6, 6.07) is 9.87. The molecule has 0 radical (unpaired) electrons. The molecule has 2 N–H and O–H groups in total. The Morgan fingerprint density at radius 1 is 1.14 bits per heavy atom. The number of aromatic nitrogens is 1. The highest BCUT2D eigenvalue weighted by atomic mass is 35.5. The van der Waals surface area contributed by atoms with Gasteiger partial charge in [0.25, 0.3) is 11.8 Å². The van der Waals surface area contributed by atoms with Crippen LogP contribution in [0.25, 0.3) is 0 Å². The molecule has 0 fully saturated rings. The largest absolute Gasteiger partial charge is 0.343 e. The second kappa shape index (κ2) is 7.90. The zero-order valence-corrected chi connectivity index (χ0v) is 12.2. The van der Waals surface area contributed by atoms with Crippen LogP contribution in [-0.2, 0) is 4.79 Å². The highest BCUT2D eigenvalue weighted by Crippen LogP contribution is 2.09. The van der Waals surface area contributed by atoms with E-state index < -0.39 is 5.91 Å². The Morgan fingerprint density at radius 3 is 2.50 bits per heavy atom. The van der Waals surface area contributed by atoms with E-state index in [1.54, 1.807) is 48.8 Å². The average Bonchev–Trinajstić information content (AvgIpc) is 2.54. The lowest BCUT2D eigenvalue weighted by Gasteiger charge is -2.04. The predicted molar refractivity (Wildman–Crippen MR) is 83.8 cm³/mol. The molecule has 2 aromatic rings. The van der Waals surface area contributed by atoms with Crippen LogP contribution >= 0.6 is 11.6 Å². The van der Waals surface area contributed by atoms with Crippen molar-refractivity contribution < 1.29 is 9.59 Å². The number of amides is 2. The Morgan fingerprint density at radius 2 is 1.82 bits per heavy atom. The zero-order chi connectivity index (χ0) is 15.8. The summed E-state index contributed by atoms with van der Waals surface area (Å²) in [6.45, 7) is -0.171. The summed E-state index contributed by atoms with van der Waals surface area (Å²) in [6.07, 6.45) is 4.73. The van der Waals surface area contributed by atoms with E-state index in [9.17, 15) is 9.59 Å². The number of benzene rings is 1. The minimum atomic E-state index is -0.424. The second-order valence-corrected chi connectivity index (χ2v) is 4.70. The SMILES string of the molecule is O=C(CNC(=O)c1ccc(Cl)cc1)N/N=C/c1ccncc1. The Bertz CT molecular complexity index is 672. The highest BCUT2D eigenvalue weighted by molar-refractivity contribution is 6.30. The van der Waals surface area contributed by atoms with Gasteiger partial charge >= 0.3 is 0 Å². The van der Waals surface area contributed by atoms with E-state index in [-0.39, 0.29) is 12.5 Å². The van der Waals surface area contributed by atoms with E-state index in [2.05, 4.69) is 20.8 Å². The first-order valence-corrected chi connectivity index (χ1v) is 6.78. The molecule has 0 unspecified atom stereocenters. The maximum atomic E-state index is 11.8. The minimum absolute atomic E-state index is 0.171. The number of hydrazone groups is 1. The summed E-state index contributed by atoms with van der Waals surface area (Å²) in [7, 11) is 0. The lowest BCUT2D eigenvalue weighted by Crippen LogP contribution is -2.34. The van der Waals surface area contributed by atoms with Gasteiger partial charge in [-0.2, -0.15) is 5.10 Å². The van der Waals surface area contributed by atoms with E-state index in [0.29, 0.717) is 10.6 Å². The van der Waals surface area contributed by atoms with Gasteiger partial charge in [0.15, 0.2) is 0 Å². The Labute approximate surface area is 132 Å². The highest BCUT2D eigenvalue weighted by Gasteiger charge is 2.07. The fourth-order valence-electron chi connectivity index (χ4n) is 1.53. The van der Waals surface area contributed by atoms with Gasteiger partial charge in [0, 0.05) is 23.0 Å². The van der Waals surface area contributed by atoms with Crippen molar-refractivity contribution in [3.05, 3.63) is 64.9 Å². The van der Waals surface area contributed by atoms with Gasteiger partial charge in [0.2, 0.25) is 0 Å². The van der Waals surface area contributed by atoms with E-state index in [4.69, 9.17) is 11.6 Å². The van der Waals surface area contributed by atoms with Gasteiger partial charge in [-0.3, -0.25) is 14.6 Å². The number of hydrogen-bond acceptors (Lipinski definition) is 4. The number of hydrogen-bond donors (Lipinski definition) is 2. The number of rotatable bonds is 5. The molecule has 0 bridgehead atoms. The van der Waals surface area contributed by atoms with Gasteiger partial charge in [-0.05, 0) is 42.0 Å². The number of carbonyl (C=O) groups excluding carboxylic acids is 2. The van der Waals surface area contributed by atoms with Gasteiger partial charge < -0.3 is 5.32 Å². The van der Waals surface area contributed by atoms with Crippen molar-refractivity contribution in [2.24, 2.45) is 5.10 Å². The lowest BCUT2D eigenvalue weighted by molar-refractivity contribution is -0.120. The second-order valence-electron chi connectivity index (χ2n) is 4.26. The molecule has 0 aliphatic rings. The Balaban J connectivity index is 1.77. The predicted octanol–water partition coefficient (Wildman–Crippen LogP) is 1.62. The Kier molecular flexibility index (Phi) is 5.62. The number of pyridine rings is 1. The van der Waals surface area contributed by atoms with Crippen LogP contribution in [0.5, 0.6) is 0 Å². The molecule has 0 atom stereocenters. The number of nitrogens with zero attached hydrogens (tertiary/aromatic N) is 2. The van der Waals surface area contributed by atoms with E-state index in [1.807, 2.05) is 0 Å². The van der Waals surface area contributed by atoms with Crippen LogP contribution in [0.3, 0.4) is 0 Å². The smallest absolute Gasteiger partial charge is 0.259 e. The van der Waals surface area contributed by atoms with Crippen molar-refractivity contribution in [1.29, 1.82) is 0 Å². The van der Waals surface area contributed by atoms with Crippen molar-refractivity contribution in [1.82, 2.24) is 15.7 Å². The molecule has 0 aliphatic carbocycles. The van der Waals surface area contributed by atoms with Gasteiger partial charge in [-0.25, -0.2) is 5.43 Å². The number of nitrogens with one attached hydrogen (secondary N) is 2. The quantitative estimate of drug-likeness (QED) is 0.649. The molecule has 6 nitrogen and oxygen atoms in total. The van der Waals surface area contributed by atoms with Gasteiger partial charge in [-0.1, -0.05) is 11.6 Å². The van der Waals surface area contributed by atoms with Crippen LogP contribution < -0.4 is 10.7 Å². The molecule has 1 heterocycles. The first-order valence-electron chi connectivity index (χ1n) is 6.41. The zero-order valence-electron chi connectivity index (χ0n) is 11.5. The average molecular weight is 317 g/mol. The van der Waals surface area contributed by atoms with Crippen LogP contribution in [0.4, 0.5) is 0 Å². The van der Waals surface area contributed by atoms with E-state index in [0.717, 1.165) is 5.56 Å². The molecule has 0 aliphatic heterocycles. The van der Waals surface area contributed by atoms with Crippen LogP contribution in [-0.4, -0.2) is 29.6 Å². The van der Waals surface area contributed by atoms with Crippen LogP contribution in [0.2, 0.25) is 5.02 Å². The molecule has 1 aromatic carbocycles. The maximum absolute atomic E-state index is 11.8. The van der Waals surface area contributed by atoms with E-state index in [1.165, 1.54) is 6.21 Å². The van der Waals surface area contributed by atoms with Crippen LogP contribution in [0.1, 0.15) is 15.9 Å². The summed E-state index contributed by atoms with van der Waals surface area (Å²) in [5.74, 6) is -0.780. The molecule has 1 aromatic heterocycles. The summed E-state index contributed by atoms with van der Waals surface area (Å²) in [4.78, 5) is 27.2. The minimum Gasteiger partial charge on any atom is -0.343 e. The van der Waals surface area contributed by atoms with Crippen molar-refractivity contribution in [2.45, 2.75) is 0 Å². The summed E-state index contributed by atoms with van der Waals surface area (Å²) in [5.41, 5.74) is 3.56. The molecular formula is C15H13ClN4O2. The topological polar surface area (TPSA) is 83.5 Å². The third-order valence-electron chi connectivity index (χ3n) is 2.62. The molecule has 112 valence electrons. The first kappa shape index (κ1) is 15.7. The van der Waals surface area contributed by atoms with Crippen LogP contribution in [0, 0.1) is 0 Å². The molecule has 0 spiro atoms. The molecule has 0 saturated heterocycles. The van der Waals surface area contributed by atoms with Crippen molar-refractivity contribution >= 4 is 29.6 Å². The van der Waals surface area contributed by atoms with Gasteiger partial charge in [0.05, 0.1) is 12.8 Å². The first-order chi connectivity index (χ1) is 10.6. The maximum Gasteiger partial charge on any atom is 0.259 e. The Hall–Kier alpha value is -2.73. The normalized spacial score (nSPS) is 10.4. The summed E-state index contributed by atoms with van der Waals surface area (Å²) < 4.78 is 0. The molecule has 2 rings (SSSR count). The van der Waals surface area contributed by atoms with E-state index >= 15 is 0 Å². The monoisotopic (exact) mass is 316 g/mol. The fraction of sp³-hybridized carbons (Fsp3) is 0.0667. The summed E-state index contributed by atoms with van der Waals surface area (Å²) in [5, 5.41) is 6.81. The fourth-order valence-corrected chi connectivity index (χ4v) is 1.66. The third kappa shape index (κ3) is 4.99. The molecule has 2 amide bonds. The number of halogens is 1. The van der Waals surface area contributed by atoms with Crippen molar-refractivity contribution in [3.8, 4) is 0 Å². The molecule has 7 heteroatoms. The standard InChI is InChI=1S/C15H13ClN4O2/c16-13-3-1-12(2-4-13)15(22)18-10-14(21)20-19-9-11-5-7-17-8-6-11/h1-9H,10H2,(H,18,22)(H,20,21)/b19-9+. The van der Waals surface area contributed by atoms with Crippen LogP contribution in [0.15, 0.2) is 53.9 Å². The van der Waals surface area contributed by atoms with Gasteiger partial charge in [-0.15, -0.1) is 0 Å². The van der Waals surface area contributed by atoms with Crippen molar-refractivity contribution in [2.75, 3.05) is 6.54 Å². The molecule has 22 heavy (non-hydrogen) atoms. The van der Waals surface area contributed by atoms with Crippen molar-refractivity contribution in [3.63, 3.8) is 0 Å². The molecule has 0 saturated carbocycles. The number of carbonyl (C=O) groups is 2. The lowest BCUT2D eigenvalue weighted by atomic mass is 10.2. The van der Waals surface area contributed by atoms with Gasteiger partial charge in [0.1, 0.15) is 0 Å². The summed E-state index contributed by atoms with van der Waals surface area (Å²) >= 11 is 5.74. The molecular weight excluding hydrogens is 304 g/mol. The third-order valence-corrected chi connectivity index (χ3v) is 2.88.